The van der Waals surface area contributed by atoms with Gasteiger partial charge in [0.2, 0.25) is 5.91 Å². The van der Waals surface area contributed by atoms with Crippen LogP contribution in [-0.4, -0.2) is 19.1 Å². The summed E-state index contributed by atoms with van der Waals surface area (Å²) >= 11 is 0. The molecule has 0 saturated heterocycles. The highest BCUT2D eigenvalue weighted by atomic mass is 19.1. The maximum atomic E-state index is 13.4. The molecule has 1 unspecified atom stereocenters. The lowest BCUT2D eigenvalue weighted by molar-refractivity contribution is -0.121. The number of carbonyl (C=O) groups excluding carboxylic acids is 1. The Balaban J connectivity index is 2.48. The Bertz CT molecular complexity index is 407. The molecule has 0 spiro atoms. The largest absolute Gasteiger partial charge is 0.494 e. The maximum absolute atomic E-state index is 13.4. The van der Waals surface area contributed by atoms with Gasteiger partial charge in [-0.2, -0.15) is 0 Å². The van der Waals surface area contributed by atoms with E-state index in [4.69, 9.17) is 4.74 Å². The quantitative estimate of drug-likeness (QED) is 0.846. The van der Waals surface area contributed by atoms with E-state index in [0.29, 0.717) is 12.8 Å². The number of methoxy groups -OCH3 is 1. The number of hydrogen-bond donors (Lipinski definition) is 1. The number of benzene rings is 1. The SMILES string of the molecule is CCC(C)NC(=O)CCc1ccc(OC)c(F)c1. The first kappa shape index (κ1) is 14.5. The molecule has 0 fully saturated rings. The van der Waals surface area contributed by atoms with Gasteiger partial charge < -0.3 is 10.1 Å². The van der Waals surface area contributed by atoms with Crippen LogP contribution in [0.3, 0.4) is 0 Å². The van der Waals surface area contributed by atoms with Crippen molar-refractivity contribution in [3.05, 3.63) is 29.6 Å². The number of aryl methyl sites for hydroxylation is 1. The summed E-state index contributed by atoms with van der Waals surface area (Å²) in [6.45, 7) is 3.98. The van der Waals surface area contributed by atoms with E-state index >= 15 is 0 Å². The van der Waals surface area contributed by atoms with E-state index in [2.05, 4.69) is 5.32 Å². The third kappa shape index (κ3) is 4.35. The van der Waals surface area contributed by atoms with Gasteiger partial charge in [-0.25, -0.2) is 4.39 Å². The van der Waals surface area contributed by atoms with Gasteiger partial charge in [-0.15, -0.1) is 0 Å². The predicted molar refractivity (Wildman–Crippen MR) is 69.2 cm³/mol. The van der Waals surface area contributed by atoms with Crippen LogP contribution in [0.2, 0.25) is 0 Å². The molecule has 1 N–H and O–H groups in total. The van der Waals surface area contributed by atoms with E-state index in [0.717, 1.165) is 12.0 Å². The van der Waals surface area contributed by atoms with Crippen molar-refractivity contribution in [3.63, 3.8) is 0 Å². The van der Waals surface area contributed by atoms with E-state index in [1.165, 1.54) is 13.2 Å². The number of amides is 1. The Labute approximate surface area is 107 Å². The van der Waals surface area contributed by atoms with Gasteiger partial charge in [-0.1, -0.05) is 13.0 Å². The lowest BCUT2D eigenvalue weighted by atomic mass is 10.1. The average molecular weight is 253 g/mol. The lowest BCUT2D eigenvalue weighted by Crippen LogP contribution is -2.32. The molecule has 0 aliphatic heterocycles. The second kappa shape index (κ2) is 6.99. The molecule has 0 radical (unpaired) electrons. The Kier molecular flexibility index (Phi) is 5.62. The normalized spacial score (nSPS) is 12.0. The number of halogens is 1. The number of ether oxygens (including phenoxy) is 1. The summed E-state index contributed by atoms with van der Waals surface area (Å²) in [5.74, 6) is -0.166. The molecule has 4 heteroatoms. The van der Waals surface area contributed by atoms with Gasteiger partial charge in [0.1, 0.15) is 0 Å². The third-order valence-corrected chi connectivity index (χ3v) is 2.88. The zero-order valence-corrected chi connectivity index (χ0v) is 11.1. The molecule has 3 nitrogen and oxygen atoms in total. The topological polar surface area (TPSA) is 38.3 Å². The fourth-order valence-corrected chi connectivity index (χ4v) is 1.57. The molecular formula is C14H20FNO2. The molecule has 0 aliphatic rings. The van der Waals surface area contributed by atoms with Crippen molar-refractivity contribution in [1.82, 2.24) is 5.32 Å². The standard InChI is InChI=1S/C14H20FNO2/c1-4-10(2)16-14(17)8-6-11-5-7-13(18-3)12(15)9-11/h5,7,9-10H,4,6,8H2,1-3H3,(H,16,17). The second-order valence-corrected chi connectivity index (χ2v) is 4.35. The fourth-order valence-electron chi connectivity index (χ4n) is 1.57. The van der Waals surface area contributed by atoms with Crippen molar-refractivity contribution in [2.45, 2.75) is 39.2 Å². The fraction of sp³-hybridized carbons (Fsp3) is 0.500. The van der Waals surface area contributed by atoms with Crippen LogP contribution in [0.15, 0.2) is 18.2 Å². The molecule has 1 rings (SSSR count). The van der Waals surface area contributed by atoms with Crippen LogP contribution in [0.1, 0.15) is 32.3 Å². The lowest BCUT2D eigenvalue weighted by Gasteiger charge is -2.11. The highest BCUT2D eigenvalue weighted by Crippen LogP contribution is 2.18. The minimum atomic E-state index is -0.391. The number of hydrogen-bond acceptors (Lipinski definition) is 2. The highest BCUT2D eigenvalue weighted by molar-refractivity contribution is 5.76. The third-order valence-electron chi connectivity index (χ3n) is 2.88. The van der Waals surface area contributed by atoms with Gasteiger partial charge in [-0.3, -0.25) is 4.79 Å². The molecule has 1 aromatic rings. The molecule has 0 aromatic heterocycles. The van der Waals surface area contributed by atoms with E-state index in [1.54, 1.807) is 12.1 Å². The molecule has 0 aliphatic carbocycles. The van der Waals surface area contributed by atoms with Gasteiger partial charge in [0.05, 0.1) is 7.11 Å². The summed E-state index contributed by atoms with van der Waals surface area (Å²) < 4.78 is 18.3. The Hall–Kier alpha value is -1.58. The van der Waals surface area contributed by atoms with Crippen molar-refractivity contribution < 1.29 is 13.9 Å². The van der Waals surface area contributed by atoms with Crippen LogP contribution >= 0.6 is 0 Å². The summed E-state index contributed by atoms with van der Waals surface area (Å²) in [4.78, 5) is 11.6. The zero-order valence-electron chi connectivity index (χ0n) is 11.1. The first-order chi connectivity index (χ1) is 8.56. The van der Waals surface area contributed by atoms with E-state index < -0.39 is 5.82 Å². The molecule has 0 saturated carbocycles. The molecule has 1 aromatic carbocycles. The first-order valence-corrected chi connectivity index (χ1v) is 6.18. The van der Waals surface area contributed by atoms with Crippen molar-refractivity contribution in [3.8, 4) is 5.75 Å². The van der Waals surface area contributed by atoms with E-state index in [-0.39, 0.29) is 17.7 Å². The molecule has 1 amide bonds. The molecule has 1 atom stereocenters. The van der Waals surface area contributed by atoms with Crippen LogP contribution in [0.5, 0.6) is 5.75 Å². The maximum Gasteiger partial charge on any atom is 0.220 e. The molecule has 100 valence electrons. The van der Waals surface area contributed by atoms with Gasteiger partial charge in [-0.05, 0) is 37.5 Å². The monoisotopic (exact) mass is 253 g/mol. The van der Waals surface area contributed by atoms with Gasteiger partial charge in [0.25, 0.3) is 0 Å². The summed E-state index contributed by atoms with van der Waals surface area (Å²) in [5.41, 5.74) is 0.799. The van der Waals surface area contributed by atoms with Crippen LogP contribution in [0.25, 0.3) is 0 Å². The van der Waals surface area contributed by atoms with Gasteiger partial charge in [0, 0.05) is 12.5 Å². The summed E-state index contributed by atoms with van der Waals surface area (Å²) in [5, 5.41) is 2.88. The van der Waals surface area contributed by atoms with Crippen LogP contribution < -0.4 is 10.1 Å². The van der Waals surface area contributed by atoms with Crippen molar-refractivity contribution >= 4 is 5.91 Å². The van der Waals surface area contributed by atoms with E-state index in [1.807, 2.05) is 13.8 Å². The highest BCUT2D eigenvalue weighted by Gasteiger charge is 2.07. The Morgan fingerprint density at radius 3 is 2.78 bits per heavy atom. The van der Waals surface area contributed by atoms with Crippen LogP contribution in [0.4, 0.5) is 4.39 Å². The number of carbonyl (C=O) groups is 1. The second-order valence-electron chi connectivity index (χ2n) is 4.35. The average Bonchev–Trinajstić information content (AvgIpc) is 2.36. The number of rotatable bonds is 6. The Morgan fingerprint density at radius 1 is 1.50 bits per heavy atom. The predicted octanol–water partition coefficient (Wildman–Crippen LogP) is 2.68. The van der Waals surface area contributed by atoms with Gasteiger partial charge in [0.15, 0.2) is 11.6 Å². The minimum Gasteiger partial charge on any atom is -0.494 e. The van der Waals surface area contributed by atoms with Gasteiger partial charge >= 0.3 is 0 Å². The van der Waals surface area contributed by atoms with Crippen LogP contribution in [0, 0.1) is 5.82 Å². The van der Waals surface area contributed by atoms with Crippen molar-refractivity contribution in [2.24, 2.45) is 0 Å². The minimum absolute atomic E-state index is 0.000534. The van der Waals surface area contributed by atoms with Crippen molar-refractivity contribution in [2.75, 3.05) is 7.11 Å². The summed E-state index contributed by atoms with van der Waals surface area (Å²) in [7, 11) is 1.43. The van der Waals surface area contributed by atoms with Crippen LogP contribution in [-0.2, 0) is 11.2 Å². The first-order valence-electron chi connectivity index (χ1n) is 6.18. The molecule has 18 heavy (non-hydrogen) atoms. The molecule has 0 heterocycles. The Morgan fingerprint density at radius 2 is 2.22 bits per heavy atom. The summed E-state index contributed by atoms with van der Waals surface area (Å²) in [6, 6.07) is 4.95. The van der Waals surface area contributed by atoms with Crippen molar-refractivity contribution in [1.29, 1.82) is 0 Å². The number of nitrogens with one attached hydrogen (secondary N) is 1. The summed E-state index contributed by atoms with van der Waals surface area (Å²) in [6.07, 6.45) is 1.81. The molecule has 0 bridgehead atoms. The smallest absolute Gasteiger partial charge is 0.220 e. The van der Waals surface area contributed by atoms with E-state index in [9.17, 15) is 9.18 Å². The zero-order chi connectivity index (χ0) is 13.5. The molecular weight excluding hydrogens is 233 g/mol.